The summed E-state index contributed by atoms with van der Waals surface area (Å²) in [4.78, 5) is 16.1. The van der Waals surface area contributed by atoms with Gasteiger partial charge in [0, 0.05) is 16.9 Å². The van der Waals surface area contributed by atoms with Gasteiger partial charge in [-0.2, -0.15) is 0 Å². The Bertz CT molecular complexity index is 2280. The van der Waals surface area contributed by atoms with E-state index in [-0.39, 0.29) is 11.8 Å². The van der Waals surface area contributed by atoms with E-state index in [0.717, 1.165) is 67.6 Å². The van der Waals surface area contributed by atoms with Crippen LogP contribution in [0.25, 0.3) is 0 Å². The highest BCUT2D eigenvalue weighted by atomic mass is 35.5. The molecule has 57 heavy (non-hydrogen) atoms. The number of halogens is 1. The summed E-state index contributed by atoms with van der Waals surface area (Å²) in [6.45, 7) is 13.0. The number of rotatable bonds is 12. The van der Waals surface area contributed by atoms with E-state index in [0.29, 0.717) is 16.9 Å². The second-order valence-electron chi connectivity index (χ2n) is 15.3. The van der Waals surface area contributed by atoms with Gasteiger partial charge in [-0.1, -0.05) is 185 Å². The molecule has 1 heterocycles. The predicted molar refractivity (Wildman–Crippen MR) is 242 cm³/mol. The van der Waals surface area contributed by atoms with Gasteiger partial charge in [-0.15, -0.1) is 0 Å². The van der Waals surface area contributed by atoms with E-state index in [2.05, 4.69) is 199 Å². The number of para-hydroxylation sites is 1. The van der Waals surface area contributed by atoms with Crippen molar-refractivity contribution in [1.29, 1.82) is 0 Å². The van der Waals surface area contributed by atoms with E-state index in [9.17, 15) is 0 Å². The van der Waals surface area contributed by atoms with Crippen LogP contribution in [0.4, 0.5) is 11.4 Å². The zero-order chi connectivity index (χ0) is 39.9. The lowest BCUT2D eigenvalue weighted by Crippen LogP contribution is -2.10. The molecule has 0 amide bonds. The smallest absolute Gasteiger partial charge is 0.0849 e. The van der Waals surface area contributed by atoms with E-state index >= 15 is 0 Å². The molecule has 6 aromatic carbocycles. The van der Waals surface area contributed by atoms with E-state index in [1.165, 1.54) is 11.1 Å². The van der Waals surface area contributed by atoms with Gasteiger partial charge in [0.2, 0.25) is 0 Å². The van der Waals surface area contributed by atoms with Crippen LogP contribution in [0.1, 0.15) is 121 Å². The number of hydrogen-bond acceptors (Lipinski definition) is 3. The molecule has 284 valence electrons. The lowest BCUT2D eigenvalue weighted by atomic mass is 9.79. The van der Waals surface area contributed by atoms with Crippen molar-refractivity contribution in [3.05, 3.63) is 231 Å². The Kier molecular flexibility index (Phi) is 12.4. The van der Waals surface area contributed by atoms with Crippen molar-refractivity contribution in [3.63, 3.8) is 0 Å². The summed E-state index contributed by atoms with van der Waals surface area (Å²) >= 11 is 7.22. The molecule has 7 aromatic rings. The number of pyridine rings is 1. The van der Waals surface area contributed by atoms with Gasteiger partial charge in [0.1, 0.15) is 0 Å². The maximum Gasteiger partial charge on any atom is 0.0849 e. The molecule has 1 aromatic heterocycles. The van der Waals surface area contributed by atoms with Gasteiger partial charge in [0.05, 0.1) is 34.2 Å². The Hall–Kier alpha value is -5.90. The first-order valence-corrected chi connectivity index (χ1v) is 20.3. The monoisotopic (exact) mass is 763 g/mol. The Morgan fingerprint density at radius 2 is 0.737 bits per heavy atom. The van der Waals surface area contributed by atoms with Crippen LogP contribution in [0.5, 0.6) is 0 Å². The minimum absolute atomic E-state index is 0.131. The molecule has 0 aliphatic rings. The molecule has 7 rings (SSSR count). The van der Waals surface area contributed by atoms with Gasteiger partial charge in [0.25, 0.3) is 0 Å². The number of aliphatic imine (C=N–C) groups is 2. The Balaban J connectivity index is 1.45. The molecule has 3 nitrogen and oxygen atoms in total. The van der Waals surface area contributed by atoms with Gasteiger partial charge in [0.15, 0.2) is 0 Å². The Morgan fingerprint density at radius 1 is 0.421 bits per heavy atom. The second-order valence-corrected chi connectivity index (χ2v) is 15.8. The predicted octanol–water partition coefficient (Wildman–Crippen LogP) is 14.6. The molecule has 4 heteroatoms. The van der Waals surface area contributed by atoms with Gasteiger partial charge in [-0.25, -0.2) is 4.98 Å². The van der Waals surface area contributed by atoms with Crippen LogP contribution >= 0.6 is 11.6 Å². The van der Waals surface area contributed by atoms with Crippen LogP contribution in [0, 0.1) is 0 Å². The fourth-order valence-electron chi connectivity index (χ4n) is 7.82. The average Bonchev–Trinajstić information content (AvgIpc) is 3.23. The van der Waals surface area contributed by atoms with Crippen LogP contribution < -0.4 is 0 Å². The van der Waals surface area contributed by atoms with Crippen molar-refractivity contribution in [2.24, 2.45) is 9.98 Å². The van der Waals surface area contributed by atoms with E-state index in [1.54, 1.807) is 0 Å². The maximum absolute atomic E-state index is 7.22. The molecule has 0 aliphatic heterocycles. The van der Waals surface area contributed by atoms with Crippen molar-refractivity contribution in [2.45, 2.75) is 65.2 Å². The number of nitrogens with zero attached hydrogens (tertiary/aromatic N) is 3. The lowest BCUT2D eigenvalue weighted by Gasteiger charge is -2.27. The van der Waals surface area contributed by atoms with Crippen molar-refractivity contribution in [3.8, 4) is 0 Å². The number of benzene rings is 6. The van der Waals surface area contributed by atoms with Crippen molar-refractivity contribution >= 4 is 34.4 Å². The summed E-state index contributed by atoms with van der Waals surface area (Å²) in [5.74, 6) is 0.428. The molecular formula is C53H50ClN3. The minimum atomic E-state index is -0.131. The topological polar surface area (TPSA) is 37.6 Å². The third-order valence-corrected chi connectivity index (χ3v) is 10.9. The average molecular weight is 764 g/mol. The Labute approximate surface area is 343 Å². The largest absolute Gasteiger partial charge is 0.251 e. The van der Waals surface area contributed by atoms with Gasteiger partial charge >= 0.3 is 0 Å². The maximum atomic E-state index is 7.22. The number of hydrogen-bond donors (Lipinski definition) is 0. The molecule has 0 saturated heterocycles. The fourth-order valence-corrected chi connectivity index (χ4v) is 8.06. The highest BCUT2D eigenvalue weighted by Gasteiger charge is 2.28. The summed E-state index contributed by atoms with van der Waals surface area (Å²) < 4.78 is 0. The van der Waals surface area contributed by atoms with Crippen LogP contribution in [-0.2, 0) is 0 Å². The minimum Gasteiger partial charge on any atom is -0.251 e. The molecule has 0 bridgehead atoms. The molecule has 0 aliphatic carbocycles. The molecule has 0 radical (unpaired) electrons. The molecule has 0 unspecified atom stereocenters. The summed E-state index contributed by atoms with van der Waals surface area (Å²) in [7, 11) is 0. The van der Waals surface area contributed by atoms with E-state index in [1.807, 2.05) is 12.1 Å². The van der Waals surface area contributed by atoms with E-state index < -0.39 is 0 Å². The molecule has 0 atom stereocenters. The van der Waals surface area contributed by atoms with Crippen molar-refractivity contribution in [2.75, 3.05) is 0 Å². The highest BCUT2D eigenvalue weighted by Crippen LogP contribution is 2.46. The standard InChI is InChI=1S/C53H50ClN3/c1-35(2)44-29-19-30-45(36(3)4)52(44)55-37(5)48-31-20-32-49(57-48)38(6)56-53-46(50(39-21-11-7-12-22-39)40-23-13-8-14-24-40)33-43(54)34-47(53)51(41-25-15-9-16-26-41)42-27-17-10-18-28-42/h7-36,50-51H,1-6H3. The van der Waals surface area contributed by atoms with Gasteiger partial charge < -0.3 is 0 Å². The third kappa shape index (κ3) is 8.90. The second kappa shape index (κ2) is 17.9. The summed E-state index contributed by atoms with van der Waals surface area (Å²) in [6, 6.07) is 59.5. The summed E-state index contributed by atoms with van der Waals surface area (Å²) in [5, 5.41) is 0.666. The van der Waals surface area contributed by atoms with Gasteiger partial charge in [-0.3, -0.25) is 9.98 Å². The Morgan fingerprint density at radius 3 is 1.07 bits per heavy atom. The summed E-state index contributed by atoms with van der Waals surface area (Å²) in [5.41, 5.74) is 14.4. The zero-order valence-corrected chi connectivity index (χ0v) is 34.5. The fraction of sp³-hybridized carbons (Fsp3) is 0.189. The quantitative estimate of drug-likeness (QED) is 0.0902. The molecular weight excluding hydrogens is 714 g/mol. The third-order valence-electron chi connectivity index (χ3n) is 10.7. The molecule has 0 saturated carbocycles. The van der Waals surface area contributed by atoms with Crippen LogP contribution in [0.3, 0.4) is 0 Å². The van der Waals surface area contributed by atoms with Crippen LogP contribution in [0.2, 0.25) is 5.02 Å². The first-order valence-electron chi connectivity index (χ1n) is 19.9. The highest BCUT2D eigenvalue weighted by molar-refractivity contribution is 6.31. The van der Waals surface area contributed by atoms with Crippen LogP contribution in [-0.4, -0.2) is 16.4 Å². The molecule has 0 spiro atoms. The van der Waals surface area contributed by atoms with Crippen molar-refractivity contribution in [1.82, 2.24) is 4.98 Å². The van der Waals surface area contributed by atoms with Crippen molar-refractivity contribution < 1.29 is 0 Å². The zero-order valence-electron chi connectivity index (χ0n) is 33.7. The first-order chi connectivity index (χ1) is 27.7. The molecule has 0 N–H and O–H groups in total. The van der Waals surface area contributed by atoms with Crippen LogP contribution in [0.15, 0.2) is 180 Å². The SMILES string of the molecule is CC(=Nc1c(C(C)C)cccc1C(C)C)c1cccc(C(C)=Nc2c(C(c3ccccc3)c3ccccc3)cc(Cl)cc2C(c2ccccc2)c2ccccc2)n1. The lowest BCUT2D eigenvalue weighted by molar-refractivity contribution is 0.834. The van der Waals surface area contributed by atoms with E-state index in [4.69, 9.17) is 26.6 Å². The summed E-state index contributed by atoms with van der Waals surface area (Å²) in [6.07, 6.45) is 0. The first kappa shape index (κ1) is 39.3. The number of aromatic nitrogens is 1. The molecule has 0 fully saturated rings. The normalized spacial score (nSPS) is 12.3. The van der Waals surface area contributed by atoms with Gasteiger partial charge in [-0.05, 0) is 94.5 Å².